The lowest BCUT2D eigenvalue weighted by Gasteiger charge is -2.24. The van der Waals surface area contributed by atoms with E-state index in [4.69, 9.17) is 5.73 Å². The van der Waals surface area contributed by atoms with Crippen molar-refractivity contribution < 1.29 is 17.9 Å². The van der Waals surface area contributed by atoms with E-state index in [2.05, 4.69) is 14.7 Å². The van der Waals surface area contributed by atoms with Crippen LogP contribution in [0.1, 0.15) is 29.2 Å². The second-order valence-electron chi connectivity index (χ2n) is 5.10. The zero-order valence-electron chi connectivity index (χ0n) is 11.3. The molecule has 1 aromatic rings. The summed E-state index contributed by atoms with van der Waals surface area (Å²) in [6.45, 7) is 0.998. The van der Waals surface area contributed by atoms with Gasteiger partial charge < -0.3 is 10.5 Å². The number of aromatic nitrogens is 2. The summed E-state index contributed by atoms with van der Waals surface area (Å²) < 4.78 is 40.6. The Labute approximate surface area is 115 Å². The van der Waals surface area contributed by atoms with Crippen LogP contribution >= 0.6 is 0 Å². The number of halogens is 3. The summed E-state index contributed by atoms with van der Waals surface area (Å²) in [4.78, 5) is 8.55. The molecule has 4 nitrogen and oxygen atoms in total. The molecule has 20 heavy (non-hydrogen) atoms. The van der Waals surface area contributed by atoms with Crippen LogP contribution in [0.25, 0.3) is 0 Å². The molecule has 7 heteroatoms. The van der Waals surface area contributed by atoms with Crippen LogP contribution in [0.2, 0.25) is 0 Å². The van der Waals surface area contributed by atoms with Gasteiger partial charge in [-0.2, -0.15) is 13.2 Å². The second-order valence-corrected chi connectivity index (χ2v) is 5.10. The normalized spacial score (nSPS) is 18.9. The van der Waals surface area contributed by atoms with Crippen molar-refractivity contribution in [2.75, 3.05) is 13.2 Å². The molecular weight excluding hydrogens is 271 g/mol. The minimum atomic E-state index is -4.32. The number of rotatable bonds is 4. The highest BCUT2D eigenvalue weighted by Crippen LogP contribution is 2.25. The highest BCUT2D eigenvalue weighted by atomic mass is 19.4. The van der Waals surface area contributed by atoms with Crippen LogP contribution in [0.4, 0.5) is 13.2 Å². The third kappa shape index (κ3) is 3.89. The first-order valence-corrected chi connectivity index (χ1v) is 6.59. The highest BCUT2D eigenvalue weighted by Gasteiger charge is 2.28. The van der Waals surface area contributed by atoms with Gasteiger partial charge in [-0.3, -0.25) is 0 Å². The Morgan fingerprint density at radius 3 is 2.75 bits per heavy atom. The molecule has 0 radical (unpaired) electrons. The van der Waals surface area contributed by atoms with E-state index in [-0.39, 0.29) is 6.61 Å². The molecule has 2 rings (SSSR count). The average Bonchev–Trinajstić information content (AvgIpc) is 2.37. The summed E-state index contributed by atoms with van der Waals surface area (Å²) in [6.07, 6.45) is -1.71. The van der Waals surface area contributed by atoms with Crippen molar-refractivity contribution in [3.05, 3.63) is 22.8 Å². The van der Waals surface area contributed by atoms with Crippen LogP contribution < -0.4 is 5.73 Å². The molecule has 1 unspecified atom stereocenters. The molecule has 1 atom stereocenters. The summed E-state index contributed by atoms with van der Waals surface area (Å²) in [5.41, 5.74) is 8.51. The highest BCUT2D eigenvalue weighted by molar-refractivity contribution is 5.28. The lowest BCUT2D eigenvalue weighted by Crippen LogP contribution is -2.25. The summed E-state index contributed by atoms with van der Waals surface area (Å²) in [5, 5.41) is 0. The zero-order valence-corrected chi connectivity index (χ0v) is 11.3. The lowest BCUT2D eigenvalue weighted by atomic mass is 9.86. The second kappa shape index (κ2) is 6.05. The van der Waals surface area contributed by atoms with Crippen molar-refractivity contribution in [2.45, 2.75) is 39.0 Å². The van der Waals surface area contributed by atoms with Gasteiger partial charge in [0.1, 0.15) is 13.2 Å². The smallest absolute Gasteiger partial charge is 0.364 e. The molecule has 0 fully saturated rings. The number of fused-ring (bicyclic) bond motifs is 1. The average molecular weight is 289 g/mol. The molecule has 1 aliphatic rings. The predicted molar refractivity (Wildman–Crippen MR) is 67.0 cm³/mol. The Balaban J connectivity index is 2.05. The third-order valence-corrected chi connectivity index (χ3v) is 3.46. The van der Waals surface area contributed by atoms with Crippen LogP contribution in [-0.2, 0) is 24.2 Å². The standard InChI is InChI=1S/C13H18F3N3O/c1-8-10-4-9(5-17)2-3-11(10)19-12(18-8)6-20-7-13(14,15)16/h9H,2-7,17H2,1H3. The van der Waals surface area contributed by atoms with Crippen LogP contribution in [0.15, 0.2) is 0 Å². The Kier molecular flexibility index (Phi) is 4.59. The zero-order chi connectivity index (χ0) is 14.8. The van der Waals surface area contributed by atoms with Crippen molar-refractivity contribution >= 4 is 0 Å². The number of nitrogens with zero attached hydrogens (tertiary/aromatic N) is 2. The van der Waals surface area contributed by atoms with Crippen LogP contribution in [0, 0.1) is 12.8 Å². The SMILES string of the molecule is Cc1nc(COCC(F)(F)F)nc2c1CC(CN)CC2. The van der Waals surface area contributed by atoms with Crippen molar-refractivity contribution in [3.63, 3.8) is 0 Å². The molecule has 1 heterocycles. The minimum Gasteiger partial charge on any atom is -0.364 e. The van der Waals surface area contributed by atoms with E-state index >= 15 is 0 Å². The molecule has 0 amide bonds. The number of hydrogen-bond acceptors (Lipinski definition) is 4. The number of ether oxygens (including phenoxy) is 1. The summed E-state index contributed by atoms with van der Waals surface area (Å²) in [6, 6.07) is 0. The van der Waals surface area contributed by atoms with Crippen molar-refractivity contribution in [3.8, 4) is 0 Å². The maximum atomic E-state index is 12.0. The van der Waals surface area contributed by atoms with Crippen molar-refractivity contribution in [1.82, 2.24) is 9.97 Å². The first-order chi connectivity index (χ1) is 9.39. The molecule has 112 valence electrons. The largest absolute Gasteiger partial charge is 0.411 e. The molecule has 1 aliphatic carbocycles. The molecule has 0 aromatic carbocycles. The maximum Gasteiger partial charge on any atom is 0.411 e. The van der Waals surface area contributed by atoms with Gasteiger partial charge in [-0.05, 0) is 44.2 Å². The van der Waals surface area contributed by atoms with E-state index in [1.165, 1.54) is 0 Å². The van der Waals surface area contributed by atoms with Crippen molar-refractivity contribution in [1.29, 1.82) is 0 Å². The summed E-state index contributed by atoms with van der Waals surface area (Å²) >= 11 is 0. The van der Waals surface area contributed by atoms with E-state index in [0.717, 1.165) is 36.2 Å². The number of aryl methyl sites for hydroxylation is 2. The van der Waals surface area contributed by atoms with Gasteiger partial charge in [-0.15, -0.1) is 0 Å². The maximum absolute atomic E-state index is 12.0. The van der Waals surface area contributed by atoms with Crippen LogP contribution in [0.5, 0.6) is 0 Å². The van der Waals surface area contributed by atoms with Crippen LogP contribution in [0.3, 0.4) is 0 Å². The minimum absolute atomic E-state index is 0.214. The quantitative estimate of drug-likeness (QED) is 0.920. The Hall–Kier alpha value is -1.21. The lowest BCUT2D eigenvalue weighted by molar-refractivity contribution is -0.177. The third-order valence-electron chi connectivity index (χ3n) is 3.46. The fourth-order valence-electron chi connectivity index (χ4n) is 2.45. The van der Waals surface area contributed by atoms with E-state index < -0.39 is 12.8 Å². The Morgan fingerprint density at radius 2 is 2.10 bits per heavy atom. The van der Waals surface area contributed by atoms with Gasteiger partial charge >= 0.3 is 6.18 Å². The molecule has 1 aromatic heterocycles. The van der Waals surface area contributed by atoms with Gasteiger partial charge in [0.25, 0.3) is 0 Å². The fraction of sp³-hybridized carbons (Fsp3) is 0.692. The Morgan fingerprint density at radius 1 is 1.35 bits per heavy atom. The molecule has 0 spiro atoms. The number of hydrogen-bond donors (Lipinski definition) is 1. The molecule has 0 saturated heterocycles. The van der Waals surface area contributed by atoms with Gasteiger partial charge in [0.15, 0.2) is 5.82 Å². The molecule has 2 N–H and O–H groups in total. The first kappa shape index (κ1) is 15.2. The van der Waals surface area contributed by atoms with E-state index in [1.54, 1.807) is 0 Å². The topological polar surface area (TPSA) is 61.0 Å². The number of alkyl halides is 3. The predicted octanol–water partition coefficient (Wildman–Crippen LogP) is 1.93. The first-order valence-electron chi connectivity index (χ1n) is 6.59. The summed E-state index contributed by atoms with van der Waals surface area (Å²) in [7, 11) is 0. The van der Waals surface area contributed by atoms with E-state index in [9.17, 15) is 13.2 Å². The Bertz CT molecular complexity index is 477. The van der Waals surface area contributed by atoms with E-state index in [0.29, 0.717) is 18.3 Å². The van der Waals surface area contributed by atoms with Gasteiger partial charge in [0.2, 0.25) is 0 Å². The van der Waals surface area contributed by atoms with Crippen molar-refractivity contribution in [2.24, 2.45) is 11.7 Å². The fourth-order valence-corrected chi connectivity index (χ4v) is 2.45. The molecule has 0 aliphatic heterocycles. The van der Waals surface area contributed by atoms with Gasteiger partial charge in [-0.25, -0.2) is 9.97 Å². The monoisotopic (exact) mass is 289 g/mol. The van der Waals surface area contributed by atoms with E-state index in [1.807, 2.05) is 6.92 Å². The van der Waals surface area contributed by atoms with Gasteiger partial charge in [0.05, 0.1) is 0 Å². The molecule has 0 bridgehead atoms. The molecular formula is C13H18F3N3O. The van der Waals surface area contributed by atoms with Gasteiger partial charge in [0, 0.05) is 11.4 Å². The molecule has 0 saturated carbocycles. The van der Waals surface area contributed by atoms with Crippen LogP contribution in [-0.4, -0.2) is 29.3 Å². The van der Waals surface area contributed by atoms with Gasteiger partial charge in [-0.1, -0.05) is 0 Å². The number of nitrogens with two attached hydrogens (primary N) is 1. The summed E-state index contributed by atoms with van der Waals surface area (Å²) in [5.74, 6) is 0.758.